The highest BCUT2D eigenvalue weighted by Crippen LogP contribution is 1.94. The molecule has 0 aromatic carbocycles. The molecular formula is C5H10N2S. The molecule has 1 rings (SSSR count). The van der Waals surface area contributed by atoms with Gasteiger partial charge in [0.05, 0.1) is 12.3 Å². The number of nitrogens with zero attached hydrogens (tertiary/aromatic N) is 1. The van der Waals surface area contributed by atoms with Gasteiger partial charge in [0.15, 0.2) is 0 Å². The molecule has 1 N–H and O–H groups in total. The van der Waals surface area contributed by atoms with Crippen LogP contribution in [0, 0.1) is 0 Å². The van der Waals surface area contributed by atoms with E-state index in [0.717, 1.165) is 24.7 Å². The van der Waals surface area contributed by atoms with Crippen LogP contribution in [0.3, 0.4) is 0 Å². The van der Waals surface area contributed by atoms with Gasteiger partial charge < -0.3 is 5.32 Å². The molecule has 0 atom stereocenters. The van der Waals surface area contributed by atoms with Crippen molar-refractivity contribution >= 4 is 17.6 Å². The Morgan fingerprint density at radius 2 is 2.75 bits per heavy atom. The standard InChI is InChI=1S/C5H10N2S/c1-8-4-5-6-2-3-7-5/h2-4H2,1H3,(H,6,7). The van der Waals surface area contributed by atoms with E-state index in [1.807, 2.05) is 0 Å². The molecule has 8 heavy (non-hydrogen) atoms. The minimum Gasteiger partial charge on any atom is -0.371 e. The Labute approximate surface area is 53.8 Å². The topological polar surface area (TPSA) is 24.4 Å². The molecule has 0 saturated heterocycles. The highest BCUT2D eigenvalue weighted by Gasteiger charge is 2.01. The van der Waals surface area contributed by atoms with Crippen LogP contribution in [0.5, 0.6) is 0 Å². The number of rotatable bonds is 2. The van der Waals surface area contributed by atoms with Crippen molar-refractivity contribution in [2.45, 2.75) is 0 Å². The molecule has 0 saturated carbocycles. The largest absolute Gasteiger partial charge is 0.371 e. The van der Waals surface area contributed by atoms with Crippen LogP contribution in [0.4, 0.5) is 0 Å². The molecule has 0 amide bonds. The van der Waals surface area contributed by atoms with Crippen LogP contribution in [0.2, 0.25) is 0 Å². The lowest BCUT2D eigenvalue weighted by Gasteiger charge is -1.95. The summed E-state index contributed by atoms with van der Waals surface area (Å²) in [6.07, 6.45) is 2.09. The van der Waals surface area contributed by atoms with E-state index in [4.69, 9.17) is 0 Å². The maximum atomic E-state index is 4.21. The molecule has 0 bridgehead atoms. The summed E-state index contributed by atoms with van der Waals surface area (Å²) in [4.78, 5) is 4.21. The molecule has 1 aliphatic heterocycles. The van der Waals surface area contributed by atoms with Gasteiger partial charge in [0.2, 0.25) is 0 Å². The van der Waals surface area contributed by atoms with Gasteiger partial charge >= 0.3 is 0 Å². The van der Waals surface area contributed by atoms with E-state index in [0.29, 0.717) is 0 Å². The molecular weight excluding hydrogens is 120 g/mol. The number of thioether (sulfide) groups is 1. The number of aliphatic imine (C=N–C) groups is 1. The molecule has 1 aliphatic rings. The molecule has 2 nitrogen and oxygen atoms in total. The highest BCUT2D eigenvalue weighted by molar-refractivity contribution is 7.99. The summed E-state index contributed by atoms with van der Waals surface area (Å²) in [5.41, 5.74) is 0. The fourth-order valence-electron chi connectivity index (χ4n) is 0.680. The summed E-state index contributed by atoms with van der Waals surface area (Å²) in [5.74, 6) is 2.21. The van der Waals surface area contributed by atoms with Gasteiger partial charge in [-0.15, -0.1) is 0 Å². The van der Waals surface area contributed by atoms with E-state index in [9.17, 15) is 0 Å². The zero-order valence-corrected chi connectivity index (χ0v) is 5.79. The van der Waals surface area contributed by atoms with Crippen LogP contribution >= 0.6 is 11.8 Å². The van der Waals surface area contributed by atoms with Crippen molar-refractivity contribution in [3.8, 4) is 0 Å². The molecule has 0 aromatic rings. The summed E-state index contributed by atoms with van der Waals surface area (Å²) in [6.45, 7) is 2.01. The lowest BCUT2D eigenvalue weighted by atomic mass is 10.7. The van der Waals surface area contributed by atoms with E-state index in [2.05, 4.69) is 16.6 Å². The van der Waals surface area contributed by atoms with Crippen molar-refractivity contribution in [3.05, 3.63) is 0 Å². The van der Waals surface area contributed by atoms with Crippen molar-refractivity contribution in [1.82, 2.24) is 5.32 Å². The van der Waals surface area contributed by atoms with Crippen molar-refractivity contribution in [2.75, 3.05) is 25.1 Å². The smallest absolute Gasteiger partial charge is 0.106 e. The maximum absolute atomic E-state index is 4.21. The number of nitrogens with one attached hydrogen (secondary N) is 1. The quantitative estimate of drug-likeness (QED) is 0.583. The molecule has 0 unspecified atom stereocenters. The number of hydrogen-bond acceptors (Lipinski definition) is 3. The van der Waals surface area contributed by atoms with Gasteiger partial charge in [-0.1, -0.05) is 0 Å². The first-order chi connectivity index (χ1) is 3.93. The Morgan fingerprint density at radius 1 is 1.88 bits per heavy atom. The summed E-state index contributed by atoms with van der Waals surface area (Å²) in [6, 6.07) is 0. The third kappa shape index (κ3) is 1.40. The van der Waals surface area contributed by atoms with Crippen LogP contribution in [-0.2, 0) is 0 Å². The Hall–Kier alpha value is -0.180. The van der Waals surface area contributed by atoms with Crippen LogP contribution in [-0.4, -0.2) is 30.9 Å². The lowest BCUT2D eigenvalue weighted by Crippen LogP contribution is -2.20. The second-order valence-corrected chi connectivity index (χ2v) is 2.55. The fraction of sp³-hybridized carbons (Fsp3) is 0.800. The van der Waals surface area contributed by atoms with Gasteiger partial charge in [-0.2, -0.15) is 11.8 Å². The first-order valence-corrected chi connectivity index (χ1v) is 4.09. The normalized spacial score (nSPS) is 17.9. The monoisotopic (exact) mass is 130 g/mol. The zero-order chi connectivity index (χ0) is 5.82. The molecule has 0 spiro atoms. The summed E-state index contributed by atoms with van der Waals surface area (Å²) in [7, 11) is 0. The first-order valence-electron chi connectivity index (χ1n) is 2.69. The van der Waals surface area contributed by atoms with Crippen molar-refractivity contribution < 1.29 is 0 Å². The minimum absolute atomic E-state index is 0.968. The Kier molecular flexibility index (Phi) is 2.21. The van der Waals surface area contributed by atoms with Crippen molar-refractivity contribution in [1.29, 1.82) is 0 Å². The van der Waals surface area contributed by atoms with Crippen LogP contribution in [0.1, 0.15) is 0 Å². The molecule has 0 aromatic heterocycles. The predicted octanol–water partition coefficient (Wildman–Crippen LogP) is 0.351. The number of hydrogen-bond donors (Lipinski definition) is 1. The lowest BCUT2D eigenvalue weighted by molar-refractivity contribution is 0.959. The van der Waals surface area contributed by atoms with Gasteiger partial charge in [-0.25, -0.2) is 0 Å². The highest BCUT2D eigenvalue weighted by atomic mass is 32.2. The Balaban J connectivity index is 2.23. The first kappa shape index (κ1) is 5.95. The molecule has 1 heterocycles. The number of amidine groups is 1. The average molecular weight is 130 g/mol. The van der Waals surface area contributed by atoms with E-state index in [-0.39, 0.29) is 0 Å². The van der Waals surface area contributed by atoms with E-state index in [1.54, 1.807) is 11.8 Å². The summed E-state index contributed by atoms with van der Waals surface area (Å²) < 4.78 is 0. The Bertz CT molecular complexity index is 101. The molecule has 0 radical (unpaired) electrons. The third-order valence-electron chi connectivity index (χ3n) is 1.02. The van der Waals surface area contributed by atoms with Gasteiger partial charge in [0.25, 0.3) is 0 Å². The Morgan fingerprint density at radius 3 is 3.25 bits per heavy atom. The van der Waals surface area contributed by atoms with E-state index < -0.39 is 0 Å². The van der Waals surface area contributed by atoms with Gasteiger partial charge in [-0.05, 0) is 6.26 Å². The minimum atomic E-state index is 0.968. The SMILES string of the molecule is CSCC1=NCCN1. The van der Waals surface area contributed by atoms with Crippen LogP contribution in [0.25, 0.3) is 0 Å². The van der Waals surface area contributed by atoms with Crippen LogP contribution < -0.4 is 5.32 Å². The third-order valence-corrected chi connectivity index (χ3v) is 1.59. The van der Waals surface area contributed by atoms with Gasteiger partial charge in [0, 0.05) is 6.54 Å². The second-order valence-electron chi connectivity index (χ2n) is 1.69. The summed E-state index contributed by atoms with van der Waals surface area (Å²) in [5, 5.41) is 3.19. The molecule has 3 heteroatoms. The zero-order valence-electron chi connectivity index (χ0n) is 4.98. The van der Waals surface area contributed by atoms with Crippen molar-refractivity contribution in [3.63, 3.8) is 0 Å². The summed E-state index contributed by atoms with van der Waals surface area (Å²) >= 11 is 1.81. The van der Waals surface area contributed by atoms with Gasteiger partial charge in [0.1, 0.15) is 5.84 Å². The second kappa shape index (κ2) is 2.97. The molecule has 46 valence electrons. The van der Waals surface area contributed by atoms with E-state index in [1.165, 1.54) is 0 Å². The van der Waals surface area contributed by atoms with Crippen molar-refractivity contribution in [2.24, 2.45) is 4.99 Å². The predicted molar refractivity (Wildman–Crippen MR) is 38.7 cm³/mol. The van der Waals surface area contributed by atoms with Crippen LogP contribution in [0.15, 0.2) is 4.99 Å². The molecule has 0 fully saturated rings. The van der Waals surface area contributed by atoms with Gasteiger partial charge in [-0.3, -0.25) is 4.99 Å². The fourth-order valence-corrected chi connectivity index (χ4v) is 1.15. The maximum Gasteiger partial charge on any atom is 0.106 e. The average Bonchev–Trinajstić information content (AvgIpc) is 2.19. The van der Waals surface area contributed by atoms with E-state index >= 15 is 0 Å². The molecule has 0 aliphatic carbocycles.